The van der Waals surface area contributed by atoms with Gasteiger partial charge in [-0.2, -0.15) is 0 Å². The maximum absolute atomic E-state index is 13.0. The summed E-state index contributed by atoms with van der Waals surface area (Å²) in [6.07, 6.45) is 4.30. The second kappa shape index (κ2) is 8.08. The Bertz CT molecular complexity index is 728. The van der Waals surface area contributed by atoms with Crippen LogP contribution >= 0.6 is 0 Å². The maximum atomic E-state index is 13.0. The Morgan fingerprint density at radius 1 is 1.15 bits per heavy atom. The number of nitrogens with one attached hydrogen (secondary N) is 2. The van der Waals surface area contributed by atoms with Crippen molar-refractivity contribution in [3.63, 3.8) is 0 Å². The first-order valence-electron chi connectivity index (χ1n) is 9.68. The fraction of sp³-hybridized carbons (Fsp3) is 0.550. The molecule has 0 aromatic heterocycles. The normalized spacial score (nSPS) is 19.0. The highest BCUT2D eigenvalue weighted by molar-refractivity contribution is 6.10. The molecule has 27 heavy (non-hydrogen) atoms. The van der Waals surface area contributed by atoms with Gasteiger partial charge in [0.25, 0.3) is 5.91 Å². The summed E-state index contributed by atoms with van der Waals surface area (Å²) in [5.74, 6) is -0.590. The minimum absolute atomic E-state index is 0.231. The summed E-state index contributed by atoms with van der Waals surface area (Å²) in [7, 11) is 1.68. The Labute approximate surface area is 160 Å². The molecule has 2 N–H and O–H groups in total. The lowest BCUT2D eigenvalue weighted by molar-refractivity contribution is -0.136. The molecule has 146 valence electrons. The predicted octanol–water partition coefficient (Wildman–Crippen LogP) is 2.33. The van der Waals surface area contributed by atoms with Gasteiger partial charge in [0, 0.05) is 19.3 Å². The van der Waals surface area contributed by atoms with E-state index in [4.69, 9.17) is 0 Å². The van der Waals surface area contributed by atoms with Crippen LogP contribution in [-0.2, 0) is 16.1 Å². The number of para-hydroxylation sites is 1. The molecule has 7 nitrogen and oxygen atoms in total. The third-order valence-electron chi connectivity index (χ3n) is 5.64. The van der Waals surface area contributed by atoms with Crippen LogP contribution in [0.1, 0.15) is 44.6 Å². The van der Waals surface area contributed by atoms with E-state index in [0.717, 1.165) is 36.3 Å². The van der Waals surface area contributed by atoms with Crippen molar-refractivity contribution in [1.82, 2.24) is 15.1 Å². The van der Waals surface area contributed by atoms with Gasteiger partial charge in [0.15, 0.2) is 0 Å². The lowest BCUT2D eigenvalue weighted by Crippen LogP contribution is -2.49. The number of anilines is 1. The summed E-state index contributed by atoms with van der Waals surface area (Å²) in [5, 5.41) is 6.08. The van der Waals surface area contributed by atoms with Crippen molar-refractivity contribution in [3.05, 3.63) is 29.8 Å². The Kier molecular flexibility index (Phi) is 5.79. The molecule has 3 rings (SSSR count). The lowest BCUT2D eigenvalue weighted by atomic mass is 9.81. The third kappa shape index (κ3) is 3.69. The van der Waals surface area contributed by atoms with Gasteiger partial charge in [0.2, 0.25) is 5.91 Å². The first kappa shape index (κ1) is 19.4. The summed E-state index contributed by atoms with van der Waals surface area (Å²) >= 11 is 0. The number of carbonyl (C=O) groups excluding carboxylic acids is 3. The van der Waals surface area contributed by atoms with Crippen molar-refractivity contribution in [3.8, 4) is 0 Å². The molecule has 1 saturated carbocycles. The summed E-state index contributed by atoms with van der Waals surface area (Å²) < 4.78 is 0. The average molecular weight is 372 g/mol. The molecule has 1 heterocycles. The van der Waals surface area contributed by atoms with Crippen LogP contribution in [0.15, 0.2) is 24.3 Å². The fourth-order valence-corrected chi connectivity index (χ4v) is 4.06. The number of imide groups is 1. The van der Waals surface area contributed by atoms with Gasteiger partial charge in [-0.1, -0.05) is 44.4 Å². The molecule has 7 heteroatoms. The van der Waals surface area contributed by atoms with E-state index in [1.165, 1.54) is 0 Å². The molecule has 1 aromatic carbocycles. The van der Waals surface area contributed by atoms with Crippen molar-refractivity contribution in [1.29, 1.82) is 0 Å². The van der Waals surface area contributed by atoms with Gasteiger partial charge >= 0.3 is 6.03 Å². The minimum atomic E-state index is -0.751. The molecule has 4 amide bonds. The van der Waals surface area contributed by atoms with Gasteiger partial charge in [0.1, 0.15) is 12.1 Å². The quantitative estimate of drug-likeness (QED) is 0.751. The molecular formula is C20H28N4O3. The van der Waals surface area contributed by atoms with Gasteiger partial charge in [-0.25, -0.2) is 4.79 Å². The van der Waals surface area contributed by atoms with Gasteiger partial charge in [-0.15, -0.1) is 0 Å². The predicted molar refractivity (Wildman–Crippen MR) is 103 cm³/mol. The van der Waals surface area contributed by atoms with Crippen molar-refractivity contribution in [2.75, 3.05) is 25.5 Å². The van der Waals surface area contributed by atoms with Crippen molar-refractivity contribution < 1.29 is 14.4 Å². The van der Waals surface area contributed by atoms with Crippen molar-refractivity contribution in [2.45, 2.75) is 51.1 Å². The van der Waals surface area contributed by atoms with E-state index < -0.39 is 5.54 Å². The van der Waals surface area contributed by atoms with Crippen LogP contribution in [0.25, 0.3) is 0 Å². The highest BCUT2D eigenvalue weighted by Crippen LogP contribution is 2.39. The van der Waals surface area contributed by atoms with Crippen LogP contribution in [0.2, 0.25) is 0 Å². The number of benzene rings is 1. The number of hydrogen-bond acceptors (Lipinski definition) is 4. The monoisotopic (exact) mass is 372 g/mol. The minimum Gasteiger partial charge on any atom is -0.324 e. The molecule has 1 aliphatic heterocycles. The second-order valence-corrected chi connectivity index (χ2v) is 7.31. The topological polar surface area (TPSA) is 81.8 Å². The molecule has 0 unspecified atom stereocenters. The number of carbonyl (C=O) groups is 3. The zero-order chi connectivity index (χ0) is 19.4. The summed E-state index contributed by atoms with van der Waals surface area (Å²) in [5.41, 5.74) is 0.911. The van der Waals surface area contributed by atoms with E-state index in [1.807, 2.05) is 31.2 Å². The average Bonchev–Trinajstić information content (AvgIpc) is 2.84. The van der Waals surface area contributed by atoms with Crippen LogP contribution in [-0.4, -0.2) is 53.3 Å². The van der Waals surface area contributed by atoms with E-state index >= 15 is 0 Å². The molecular weight excluding hydrogens is 344 g/mol. The maximum Gasteiger partial charge on any atom is 0.327 e. The Morgan fingerprint density at radius 2 is 1.85 bits per heavy atom. The number of amides is 4. The number of hydrogen-bond donors (Lipinski definition) is 2. The van der Waals surface area contributed by atoms with Gasteiger partial charge in [0.05, 0.1) is 0 Å². The summed E-state index contributed by atoms with van der Waals surface area (Å²) in [6, 6.07) is 7.15. The fourth-order valence-electron chi connectivity index (χ4n) is 4.06. The smallest absolute Gasteiger partial charge is 0.324 e. The Morgan fingerprint density at radius 3 is 2.56 bits per heavy atom. The van der Waals surface area contributed by atoms with E-state index in [0.29, 0.717) is 25.1 Å². The van der Waals surface area contributed by atoms with Crippen LogP contribution in [0, 0.1) is 0 Å². The first-order valence-corrected chi connectivity index (χ1v) is 9.68. The number of rotatable bonds is 6. The SMILES string of the molecule is CCNCc1ccccc1NC(=O)CN1C(=O)N(C)C2(CCCCC2)C1=O. The molecule has 0 bridgehead atoms. The van der Waals surface area contributed by atoms with Crippen molar-refractivity contribution >= 4 is 23.5 Å². The standard InChI is InChI=1S/C20H28N4O3/c1-3-21-13-15-9-5-6-10-16(15)22-17(25)14-24-18(26)20(23(2)19(24)27)11-7-4-8-12-20/h5-6,9-10,21H,3-4,7-8,11-14H2,1-2H3,(H,22,25). The summed E-state index contributed by atoms with van der Waals surface area (Å²) in [6.45, 7) is 3.23. The number of nitrogens with zero attached hydrogens (tertiary/aromatic N) is 2. The van der Waals surface area contributed by atoms with E-state index in [2.05, 4.69) is 10.6 Å². The van der Waals surface area contributed by atoms with E-state index in [1.54, 1.807) is 11.9 Å². The van der Waals surface area contributed by atoms with Crippen LogP contribution in [0.3, 0.4) is 0 Å². The largest absolute Gasteiger partial charge is 0.327 e. The zero-order valence-electron chi connectivity index (χ0n) is 16.1. The molecule has 1 saturated heterocycles. The Hall–Kier alpha value is -2.41. The zero-order valence-corrected chi connectivity index (χ0v) is 16.1. The molecule has 0 radical (unpaired) electrons. The van der Waals surface area contributed by atoms with Crippen molar-refractivity contribution in [2.24, 2.45) is 0 Å². The van der Waals surface area contributed by atoms with Gasteiger partial charge in [-0.3, -0.25) is 14.5 Å². The Balaban J connectivity index is 1.69. The van der Waals surface area contributed by atoms with Crippen LogP contribution in [0.4, 0.5) is 10.5 Å². The molecule has 2 aliphatic rings. The molecule has 0 atom stereocenters. The molecule has 1 aromatic rings. The second-order valence-electron chi connectivity index (χ2n) is 7.31. The third-order valence-corrected chi connectivity index (χ3v) is 5.64. The van der Waals surface area contributed by atoms with Crippen LogP contribution in [0.5, 0.6) is 0 Å². The molecule has 1 aliphatic carbocycles. The first-order chi connectivity index (χ1) is 13.0. The van der Waals surface area contributed by atoms with Gasteiger partial charge < -0.3 is 15.5 Å². The lowest BCUT2D eigenvalue weighted by Gasteiger charge is -2.35. The van der Waals surface area contributed by atoms with Crippen LogP contribution < -0.4 is 10.6 Å². The molecule has 2 fully saturated rings. The van der Waals surface area contributed by atoms with E-state index in [-0.39, 0.29) is 24.4 Å². The highest BCUT2D eigenvalue weighted by Gasteiger charge is 2.55. The molecule has 1 spiro atoms. The number of likely N-dealkylation sites (N-methyl/N-ethyl adjacent to an activating group) is 1. The van der Waals surface area contributed by atoms with Gasteiger partial charge in [-0.05, 0) is 31.0 Å². The number of urea groups is 1. The highest BCUT2D eigenvalue weighted by atomic mass is 16.2. The van der Waals surface area contributed by atoms with E-state index in [9.17, 15) is 14.4 Å². The summed E-state index contributed by atoms with van der Waals surface area (Å²) in [4.78, 5) is 40.8.